The van der Waals surface area contributed by atoms with E-state index < -0.39 is 0 Å². The van der Waals surface area contributed by atoms with E-state index in [9.17, 15) is 0 Å². The molecule has 0 unspecified atom stereocenters. The third-order valence-corrected chi connectivity index (χ3v) is 3.06. The van der Waals surface area contributed by atoms with Crippen molar-refractivity contribution in [1.29, 1.82) is 0 Å². The Bertz CT molecular complexity index is 495. The fraction of sp³-hybridized carbons (Fsp3) is 0.273. The zero-order valence-corrected chi connectivity index (χ0v) is 11.2. The highest BCUT2D eigenvalue weighted by atomic mass is 35.5. The Labute approximate surface area is 110 Å². The molecular weight excluding hydrogens is 263 g/mol. The highest BCUT2D eigenvalue weighted by molar-refractivity contribution is 7.82. The van der Waals surface area contributed by atoms with Crippen LogP contribution in [0.4, 0.5) is 0 Å². The standard InChI is InChI=1S/C11H10Cl2N2S/c1-11(2)14-9(10(16)15-11)7-4-3-6(12)5-8(7)13/h3-5H,1-2H3,(H,15,16). The van der Waals surface area contributed by atoms with Crippen molar-refractivity contribution in [2.24, 2.45) is 4.99 Å². The largest absolute Gasteiger partial charge is 0.351 e. The molecule has 1 N–H and O–H groups in total. The quantitative estimate of drug-likeness (QED) is 0.792. The molecule has 0 spiro atoms. The van der Waals surface area contributed by atoms with Crippen LogP contribution in [0.5, 0.6) is 0 Å². The van der Waals surface area contributed by atoms with E-state index >= 15 is 0 Å². The van der Waals surface area contributed by atoms with Gasteiger partial charge in [-0.2, -0.15) is 0 Å². The highest BCUT2D eigenvalue weighted by Crippen LogP contribution is 2.25. The molecule has 1 aliphatic rings. The zero-order valence-electron chi connectivity index (χ0n) is 8.84. The average molecular weight is 273 g/mol. The minimum absolute atomic E-state index is 0.366. The second-order valence-corrected chi connectivity index (χ2v) is 5.35. The lowest BCUT2D eigenvalue weighted by molar-refractivity contribution is 0.506. The Hall–Kier alpha value is -0.640. The summed E-state index contributed by atoms with van der Waals surface area (Å²) in [5.74, 6) is 0. The summed E-state index contributed by atoms with van der Waals surface area (Å²) in [4.78, 5) is 5.12. The lowest BCUT2D eigenvalue weighted by Crippen LogP contribution is -2.35. The zero-order chi connectivity index (χ0) is 11.9. The summed E-state index contributed by atoms with van der Waals surface area (Å²) in [5, 5.41) is 4.28. The highest BCUT2D eigenvalue weighted by Gasteiger charge is 2.29. The first-order valence-electron chi connectivity index (χ1n) is 4.77. The molecule has 1 aromatic carbocycles. The predicted molar refractivity (Wildman–Crippen MR) is 72.8 cm³/mol. The molecule has 0 saturated carbocycles. The molecule has 1 aliphatic heterocycles. The molecule has 0 amide bonds. The lowest BCUT2D eigenvalue weighted by Gasteiger charge is -2.13. The van der Waals surface area contributed by atoms with Crippen LogP contribution < -0.4 is 5.32 Å². The van der Waals surface area contributed by atoms with Crippen LogP contribution in [0.2, 0.25) is 10.0 Å². The normalized spacial score (nSPS) is 18.2. The van der Waals surface area contributed by atoms with Gasteiger partial charge in [-0.05, 0) is 32.0 Å². The molecule has 16 heavy (non-hydrogen) atoms. The van der Waals surface area contributed by atoms with Crippen molar-refractivity contribution >= 4 is 46.1 Å². The first-order valence-corrected chi connectivity index (χ1v) is 5.93. The molecule has 0 radical (unpaired) electrons. The van der Waals surface area contributed by atoms with Gasteiger partial charge in [0, 0.05) is 10.6 Å². The van der Waals surface area contributed by atoms with E-state index in [4.69, 9.17) is 35.4 Å². The third-order valence-electron chi connectivity index (χ3n) is 2.21. The van der Waals surface area contributed by atoms with Crippen molar-refractivity contribution in [2.45, 2.75) is 19.5 Å². The Balaban J connectivity index is 2.49. The number of aliphatic imine (C=N–C) groups is 1. The second-order valence-electron chi connectivity index (χ2n) is 4.10. The molecular formula is C11H10Cl2N2S. The lowest BCUT2D eigenvalue weighted by atomic mass is 10.1. The van der Waals surface area contributed by atoms with Crippen molar-refractivity contribution in [3.8, 4) is 0 Å². The van der Waals surface area contributed by atoms with Gasteiger partial charge < -0.3 is 5.32 Å². The van der Waals surface area contributed by atoms with Crippen LogP contribution in [-0.2, 0) is 0 Å². The van der Waals surface area contributed by atoms with E-state index in [-0.39, 0.29) is 5.66 Å². The van der Waals surface area contributed by atoms with E-state index in [1.807, 2.05) is 19.9 Å². The summed E-state index contributed by atoms with van der Waals surface area (Å²) in [6.45, 7) is 3.91. The fourth-order valence-corrected chi connectivity index (χ4v) is 2.46. The van der Waals surface area contributed by atoms with Crippen LogP contribution in [0.1, 0.15) is 19.4 Å². The van der Waals surface area contributed by atoms with Crippen LogP contribution in [-0.4, -0.2) is 16.4 Å². The first-order chi connectivity index (χ1) is 7.39. The third kappa shape index (κ3) is 2.21. The number of hydrogen-bond acceptors (Lipinski definition) is 2. The number of rotatable bonds is 1. The molecule has 0 aliphatic carbocycles. The monoisotopic (exact) mass is 272 g/mol. The number of halogens is 2. The van der Waals surface area contributed by atoms with Gasteiger partial charge in [0.2, 0.25) is 0 Å². The molecule has 1 heterocycles. The van der Waals surface area contributed by atoms with Gasteiger partial charge in [0.25, 0.3) is 0 Å². The summed E-state index contributed by atoms with van der Waals surface area (Å²) in [7, 11) is 0. The molecule has 1 aromatic rings. The summed E-state index contributed by atoms with van der Waals surface area (Å²) in [6.07, 6.45) is 0. The van der Waals surface area contributed by atoms with Crippen LogP contribution in [0, 0.1) is 0 Å². The minimum atomic E-state index is -0.366. The molecule has 84 valence electrons. The number of nitrogens with zero attached hydrogens (tertiary/aromatic N) is 1. The molecule has 2 rings (SSSR count). The van der Waals surface area contributed by atoms with Gasteiger partial charge in [0.1, 0.15) is 16.4 Å². The van der Waals surface area contributed by atoms with Gasteiger partial charge >= 0.3 is 0 Å². The Morgan fingerprint density at radius 2 is 2.00 bits per heavy atom. The van der Waals surface area contributed by atoms with E-state index in [1.54, 1.807) is 12.1 Å². The van der Waals surface area contributed by atoms with E-state index in [0.29, 0.717) is 15.0 Å². The van der Waals surface area contributed by atoms with Crippen LogP contribution >= 0.6 is 35.4 Å². The van der Waals surface area contributed by atoms with Gasteiger partial charge in [-0.3, -0.25) is 4.99 Å². The van der Waals surface area contributed by atoms with Crippen molar-refractivity contribution in [3.63, 3.8) is 0 Å². The summed E-state index contributed by atoms with van der Waals surface area (Å²) in [6, 6.07) is 5.30. The SMILES string of the molecule is CC1(C)N=C(c2ccc(Cl)cc2Cl)C(=S)N1. The maximum absolute atomic E-state index is 6.12. The second kappa shape index (κ2) is 3.99. The van der Waals surface area contributed by atoms with Crippen molar-refractivity contribution < 1.29 is 0 Å². The molecule has 2 nitrogen and oxygen atoms in total. The molecule has 0 bridgehead atoms. The molecule has 5 heteroatoms. The van der Waals surface area contributed by atoms with E-state index in [1.165, 1.54) is 0 Å². The minimum Gasteiger partial charge on any atom is -0.351 e. The van der Waals surface area contributed by atoms with Gasteiger partial charge in [-0.15, -0.1) is 0 Å². The molecule has 0 aromatic heterocycles. The Kier molecular flexibility index (Phi) is 2.95. The number of thiocarbonyl (C=S) groups is 1. The maximum atomic E-state index is 6.12. The maximum Gasteiger partial charge on any atom is 0.127 e. The van der Waals surface area contributed by atoms with Crippen molar-refractivity contribution in [1.82, 2.24) is 5.32 Å². The van der Waals surface area contributed by atoms with Crippen molar-refractivity contribution in [2.75, 3.05) is 0 Å². The Morgan fingerprint density at radius 3 is 2.50 bits per heavy atom. The van der Waals surface area contributed by atoms with Gasteiger partial charge in [-0.1, -0.05) is 35.4 Å². The van der Waals surface area contributed by atoms with Gasteiger partial charge in [-0.25, -0.2) is 0 Å². The summed E-state index contributed by atoms with van der Waals surface area (Å²) in [5.41, 5.74) is 1.17. The number of hydrogen-bond donors (Lipinski definition) is 1. The predicted octanol–water partition coefficient (Wildman–Crippen LogP) is 3.45. The molecule has 0 fully saturated rings. The summed E-state index contributed by atoms with van der Waals surface area (Å²) >= 11 is 17.2. The fourth-order valence-electron chi connectivity index (χ4n) is 1.56. The van der Waals surface area contributed by atoms with E-state index in [2.05, 4.69) is 10.3 Å². The molecule has 0 saturated heterocycles. The van der Waals surface area contributed by atoms with E-state index in [0.717, 1.165) is 11.3 Å². The van der Waals surface area contributed by atoms with Gasteiger partial charge in [0.05, 0.1) is 5.02 Å². The van der Waals surface area contributed by atoms with Crippen LogP contribution in [0.3, 0.4) is 0 Å². The number of nitrogens with one attached hydrogen (secondary N) is 1. The smallest absolute Gasteiger partial charge is 0.127 e. The van der Waals surface area contributed by atoms with Gasteiger partial charge in [0.15, 0.2) is 0 Å². The molecule has 0 atom stereocenters. The summed E-state index contributed by atoms with van der Waals surface area (Å²) < 4.78 is 0. The number of benzene rings is 1. The van der Waals surface area contributed by atoms with Crippen LogP contribution in [0.15, 0.2) is 23.2 Å². The van der Waals surface area contributed by atoms with Crippen LogP contribution in [0.25, 0.3) is 0 Å². The topological polar surface area (TPSA) is 24.4 Å². The van der Waals surface area contributed by atoms with Crippen molar-refractivity contribution in [3.05, 3.63) is 33.8 Å². The first kappa shape index (κ1) is 11.8. The average Bonchev–Trinajstić information content (AvgIpc) is 2.39. The Morgan fingerprint density at radius 1 is 1.31 bits per heavy atom.